The van der Waals surface area contributed by atoms with Gasteiger partial charge in [-0.1, -0.05) is 0 Å². The lowest BCUT2D eigenvalue weighted by molar-refractivity contribution is -0.145. The Labute approximate surface area is 112 Å². The zero-order valence-electron chi connectivity index (χ0n) is 10.3. The zero-order valence-corrected chi connectivity index (χ0v) is 11.0. The number of rotatable bonds is 3. The molecule has 1 rings (SSSR count). The summed E-state index contributed by atoms with van der Waals surface area (Å²) in [5.74, 6) is 5.42. The second kappa shape index (κ2) is 8.01. The Bertz CT molecular complexity index is 346. The summed E-state index contributed by atoms with van der Waals surface area (Å²) in [6.07, 6.45) is 1.69. The van der Waals surface area contributed by atoms with Crippen molar-refractivity contribution in [1.82, 2.24) is 4.90 Å². The average Bonchev–Trinajstić information content (AvgIpc) is 2.26. The smallest absolute Gasteiger partial charge is 0.498 e. The largest absolute Gasteiger partial charge is 0.611 e. The van der Waals surface area contributed by atoms with Crippen molar-refractivity contribution in [2.24, 2.45) is 0 Å². The van der Waals surface area contributed by atoms with Crippen molar-refractivity contribution in [1.29, 1.82) is 0 Å². The number of likely N-dealkylation sites (N-methyl/N-ethyl adjacent to an activating group) is 1. The third kappa shape index (κ3) is 5.94. The summed E-state index contributed by atoms with van der Waals surface area (Å²) in [6.45, 7) is 0.149. The molecule has 5 nitrogen and oxygen atoms in total. The summed E-state index contributed by atoms with van der Waals surface area (Å²) in [6, 6.07) is 0. The van der Waals surface area contributed by atoms with Gasteiger partial charge in [0.25, 0.3) is 0 Å². The number of nitrogens with zero attached hydrogens (tertiary/aromatic N) is 1. The quantitative estimate of drug-likeness (QED) is 0.324. The highest BCUT2D eigenvalue weighted by Crippen LogP contribution is 2.03. The molecule has 1 aliphatic rings. The molecule has 1 saturated heterocycles. The van der Waals surface area contributed by atoms with E-state index in [1.165, 1.54) is 4.90 Å². The number of hydrogen-bond donors (Lipinski definition) is 0. The summed E-state index contributed by atoms with van der Waals surface area (Å²) in [5.41, 5.74) is 0. The predicted octanol–water partition coefficient (Wildman–Crippen LogP) is 0.529. The van der Waals surface area contributed by atoms with E-state index in [9.17, 15) is 9.59 Å². The molecule has 0 aromatic carbocycles. The van der Waals surface area contributed by atoms with Gasteiger partial charge in [0, 0.05) is 12.3 Å². The SMILES string of the molecule is CN1CC(=O)OB(CC#CCCCCl)OC(=O)C1. The van der Waals surface area contributed by atoms with E-state index >= 15 is 0 Å². The number of unbranched alkanes of at least 4 members (excludes halogenated alkanes) is 1. The number of halogens is 1. The topological polar surface area (TPSA) is 55.8 Å². The third-order valence-electron chi connectivity index (χ3n) is 2.15. The first-order chi connectivity index (χ1) is 8.61. The van der Waals surface area contributed by atoms with Gasteiger partial charge in [0.2, 0.25) is 0 Å². The molecule has 0 unspecified atom stereocenters. The van der Waals surface area contributed by atoms with E-state index in [1.807, 2.05) is 0 Å². The highest BCUT2D eigenvalue weighted by atomic mass is 35.5. The zero-order chi connectivity index (χ0) is 13.4. The van der Waals surface area contributed by atoms with E-state index < -0.39 is 19.1 Å². The third-order valence-corrected chi connectivity index (χ3v) is 2.42. The number of carbonyl (C=O) groups is 2. The summed E-state index contributed by atoms with van der Waals surface area (Å²) in [4.78, 5) is 24.3. The van der Waals surface area contributed by atoms with Crippen LogP contribution in [0.5, 0.6) is 0 Å². The molecule has 0 saturated carbocycles. The Morgan fingerprint density at radius 1 is 1.28 bits per heavy atom. The maximum absolute atomic E-state index is 11.4. The van der Waals surface area contributed by atoms with Crippen LogP contribution in [0.1, 0.15) is 12.8 Å². The lowest BCUT2D eigenvalue weighted by Crippen LogP contribution is -2.42. The average molecular weight is 272 g/mol. The van der Waals surface area contributed by atoms with Crippen LogP contribution in [0.2, 0.25) is 6.32 Å². The first kappa shape index (κ1) is 14.9. The predicted molar refractivity (Wildman–Crippen MR) is 68.0 cm³/mol. The molecule has 0 radical (unpaired) electrons. The van der Waals surface area contributed by atoms with Crippen LogP contribution in [0.4, 0.5) is 0 Å². The van der Waals surface area contributed by atoms with Crippen molar-refractivity contribution in [3.8, 4) is 11.8 Å². The van der Waals surface area contributed by atoms with Crippen molar-refractivity contribution in [3.05, 3.63) is 0 Å². The highest BCUT2D eigenvalue weighted by molar-refractivity contribution is 6.50. The summed E-state index contributed by atoms with van der Waals surface area (Å²) in [5, 5.41) is 0. The van der Waals surface area contributed by atoms with Gasteiger partial charge in [-0.15, -0.1) is 23.4 Å². The molecule has 1 heterocycles. The molecule has 0 spiro atoms. The Morgan fingerprint density at radius 3 is 2.44 bits per heavy atom. The molecule has 98 valence electrons. The fraction of sp³-hybridized carbons (Fsp3) is 0.636. The molecule has 7 heteroatoms. The second-order valence-electron chi connectivity index (χ2n) is 3.93. The second-order valence-corrected chi connectivity index (χ2v) is 4.31. The number of hydrogen-bond acceptors (Lipinski definition) is 5. The van der Waals surface area contributed by atoms with Gasteiger partial charge in [0.15, 0.2) is 0 Å². The van der Waals surface area contributed by atoms with E-state index in [0.29, 0.717) is 12.3 Å². The first-order valence-electron chi connectivity index (χ1n) is 5.71. The first-order valence-corrected chi connectivity index (χ1v) is 6.24. The van der Waals surface area contributed by atoms with E-state index in [2.05, 4.69) is 11.8 Å². The van der Waals surface area contributed by atoms with Crippen molar-refractivity contribution in [3.63, 3.8) is 0 Å². The maximum atomic E-state index is 11.4. The summed E-state index contributed by atoms with van der Waals surface area (Å²) >= 11 is 5.51. The van der Waals surface area contributed by atoms with Gasteiger partial charge in [-0.25, -0.2) is 0 Å². The summed E-state index contributed by atoms with van der Waals surface area (Å²) < 4.78 is 9.97. The van der Waals surface area contributed by atoms with Crippen LogP contribution < -0.4 is 0 Å². The highest BCUT2D eigenvalue weighted by Gasteiger charge is 2.30. The van der Waals surface area contributed by atoms with Crippen LogP contribution in [0.3, 0.4) is 0 Å². The minimum absolute atomic E-state index is 0.0747. The normalized spacial score (nSPS) is 17.1. The number of alkyl halides is 1. The van der Waals surface area contributed by atoms with Crippen LogP contribution >= 0.6 is 11.6 Å². The lowest BCUT2D eigenvalue weighted by atomic mass is 9.84. The Balaban J connectivity index is 2.44. The standard InChI is InChI=1S/C11H15BClNO4/c1-14-8-10(15)17-12(18-11(16)9-14)6-4-2-3-5-7-13/h3,5-9H2,1H3. The minimum Gasteiger partial charge on any atom is -0.498 e. The molecule has 0 N–H and O–H groups in total. The Hall–Kier alpha value is -1.19. The van der Waals surface area contributed by atoms with Gasteiger partial charge < -0.3 is 9.31 Å². The molecule has 1 fully saturated rings. The van der Waals surface area contributed by atoms with Gasteiger partial charge >= 0.3 is 19.1 Å². The molecule has 0 aromatic heterocycles. The monoisotopic (exact) mass is 271 g/mol. The molecule has 0 atom stereocenters. The van der Waals surface area contributed by atoms with E-state index in [-0.39, 0.29) is 19.4 Å². The van der Waals surface area contributed by atoms with Crippen LogP contribution in [0.15, 0.2) is 0 Å². The van der Waals surface area contributed by atoms with Crippen LogP contribution in [-0.2, 0) is 18.9 Å². The van der Waals surface area contributed by atoms with Gasteiger partial charge in [-0.2, -0.15) is 0 Å². The van der Waals surface area contributed by atoms with Gasteiger partial charge in [0.1, 0.15) is 0 Å². The fourth-order valence-electron chi connectivity index (χ4n) is 1.37. The molecule has 0 amide bonds. The fourth-order valence-corrected chi connectivity index (χ4v) is 1.50. The van der Waals surface area contributed by atoms with Crippen molar-refractivity contribution in [2.75, 3.05) is 26.0 Å². The van der Waals surface area contributed by atoms with E-state index in [1.54, 1.807) is 7.05 Å². The summed E-state index contributed by atoms with van der Waals surface area (Å²) in [7, 11) is 0.747. The lowest BCUT2D eigenvalue weighted by Gasteiger charge is -2.21. The van der Waals surface area contributed by atoms with Crippen LogP contribution in [0, 0.1) is 11.8 Å². The van der Waals surface area contributed by atoms with Crippen molar-refractivity contribution in [2.45, 2.75) is 19.2 Å². The molecule has 0 bridgehead atoms. The van der Waals surface area contributed by atoms with Crippen molar-refractivity contribution >= 4 is 30.7 Å². The van der Waals surface area contributed by atoms with Gasteiger partial charge in [0.05, 0.1) is 19.4 Å². The van der Waals surface area contributed by atoms with Gasteiger partial charge in [-0.05, 0) is 13.5 Å². The molecular weight excluding hydrogens is 256 g/mol. The van der Waals surface area contributed by atoms with Gasteiger partial charge in [-0.3, -0.25) is 14.5 Å². The number of carbonyl (C=O) groups excluding carboxylic acids is 2. The molecule has 0 aliphatic carbocycles. The molecule has 0 aromatic rings. The van der Waals surface area contributed by atoms with Crippen LogP contribution in [-0.4, -0.2) is 50.0 Å². The van der Waals surface area contributed by atoms with Crippen LogP contribution in [0.25, 0.3) is 0 Å². The van der Waals surface area contributed by atoms with E-state index in [0.717, 1.165) is 6.42 Å². The molecule has 1 aliphatic heterocycles. The molecule has 18 heavy (non-hydrogen) atoms. The van der Waals surface area contributed by atoms with Crippen molar-refractivity contribution < 1.29 is 18.9 Å². The maximum Gasteiger partial charge on any atom is 0.611 e. The molecular formula is C11H15BClNO4. The Kier molecular flexibility index (Phi) is 6.62. The Morgan fingerprint density at radius 2 is 1.89 bits per heavy atom. The minimum atomic E-state index is -0.901. The van der Waals surface area contributed by atoms with E-state index in [4.69, 9.17) is 20.9 Å².